The van der Waals surface area contributed by atoms with E-state index in [2.05, 4.69) is 29.0 Å². The van der Waals surface area contributed by atoms with Crippen LogP contribution in [0.3, 0.4) is 0 Å². The van der Waals surface area contributed by atoms with Gasteiger partial charge >= 0.3 is 0 Å². The second kappa shape index (κ2) is 11.5. The first-order valence-electron chi connectivity index (χ1n) is 11.3. The Morgan fingerprint density at radius 1 is 1.07 bits per heavy atom. The minimum atomic E-state index is -0.0607. The maximum absolute atomic E-state index is 12.8. The first-order chi connectivity index (χ1) is 14.6. The fourth-order valence-electron chi connectivity index (χ4n) is 4.05. The quantitative estimate of drug-likeness (QED) is 0.597. The topological polar surface area (TPSA) is 74.3 Å². The van der Waals surface area contributed by atoms with Crippen LogP contribution in [0.1, 0.15) is 44.7 Å². The van der Waals surface area contributed by atoms with Crippen LogP contribution >= 0.6 is 0 Å². The molecule has 2 aliphatic rings. The van der Waals surface area contributed by atoms with Crippen molar-refractivity contribution in [3.63, 3.8) is 0 Å². The number of piperazine rings is 1. The van der Waals surface area contributed by atoms with Crippen LogP contribution in [-0.4, -0.2) is 79.9 Å². The summed E-state index contributed by atoms with van der Waals surface area (Å²) in [5, 5.41) is 12.2. The number of nitrogens with one attached hydrogen (secondary N) is 1. The lowest BCUT2D eigenvalue weighted by atomic mass is 9.95. The van der Waals surface area contributed by atoms with Crippen LogP contribution in [0.4, 0.5) is 0 Å². The van der Waals surface area contributed by atoms with E-state index in [9.17, 15) is 4.79 Å². The first kappa shape index (κ1) is 22.8. The van der Waals surface area contributed by atoms with E-state index in [0.29, 0.717) is 19.8 Å². The van der Waals surface area contributed by atoms with Crippen molar-refractivity contribution in [3.05, 3.63) is 23.8 Å². The summed E-state index contributed by atoms with van der Waals surface area (Å²) in [4.78, 5) is 17.4. The molecule has 168 valence electrons. The number of fused-ring (bicyclic) bond motifs is 1. The number of amides is 1. The number of ether oxygens (including phenoxy) is 2. The Balaban J connectivity index is 1.52. The zero-order valence-electron chi connectivity index (χ0n) is 18.4. The Morgan fingerprint density at radius 2 is 1.77 bits per heavy atom. The predicted molar refractivity (Wildman–Crippen MR) is 117 cm³/mol. The van der Waals surface area contributed by atoms with Crippen molar-refractivity contribution in [2.45, 2.75) is 39.2 Å². The number of nitrogens with zero attached hydrogens (tertiary/aromatic N) is 2. The Morgan fingerprint density at radius 3 is 2.47 bits per heavy atom. The number of benzene rings is 1. The highest BCUT2D eigenvalue weighted by Crippen LogP contribution is 2.34. The van der Waals surface area contributed by atoms with Crippen molar-refractivity contribution in [2.75, 3.05) is 59.1 Å². The van der Waals surface area contributed by atoms with Crippen molar-refractivity contribution >= 4 is 5.91 Å². The number of carbonyl (C=O) groups is 1. The van der Waals surface area contributed by atoms with E-state index in [4.69, 9.17) is 14.6 Å². The molecule has 1 aromatic carbocycles. The van der Waals surface area contributed by atoms with Gasteiger partial charge in [-0.25, -0.2) is 0 Å². The molecule has 2 N–H and O–H groups in total. The van der Waals surface area contributed by atoms with E-state index in [1.807, 2.05) is 18.2 Å². The van der Waals surface area contributed by atoms with Crippen LogP contribution in [0.2, 0.25) is 0 Å². The van der Waals surface area contributed by atoms with Crippen LogP contribution in [0.5, 0.6) is 11.5 Å². The number of aliphatic hydroxyl groups is 1. The molecule has 0 saturated carbocycles. The number of hydrogen-bond donors (Lipinski definition) is 2. The highest BCUT2D eigenvalue weighted by atomic mass is 16.5. The van der Waals surface area contributed by atoms with E-state index in [0.717, 1.165) is 69.0 Å². The molecule has 30 heavy (non-hydrogen) atoms. The average molecular weight is 420 g/mol. The standard InChI is InChI=1S/C23H37N3O4/c1-18(2)23(19-6-7-20-21(16-19)30-15-5-14-29-20)24-22(28)17-26-11-9-25(10-12-26)8-3-4-13-27/h6-7,16,18,23,27H,3-5,8-15,17H2,1-2H3,(H,24,28). The van der Waals surface area contributed by atoms with Gasteiger partial charge in [0.2, 0.25) is 5.91 Å². The zero-order chi connectivity index (χ0) is 21.3. The van der Waals surface area contributed by atoms with Crippen LogP contribution in [0.25, 0.3) is 0 Å². The number of carbonyl (C=O) groups excluding carboxylic acids is 1. The molecule has 7 nitrogen and oxygen atoms in total. The molecule has 0 bridgehead atoms. The SMILES string of the molecule is CC(C)C(NC(=O)CN1CCN(CCCCO)CC1)c1ccc2c(c1)OCCCO2. The highest BCUT2D eigenvalue weighted by Gasteiger charge is 2.23. The summed E-state index contributed by atoms with van der Waals surface area (Å²) in [6.07, 6.45) is 2.77. The molecule has 0 radical (unpaired) electrons. The molecule has 1 fully saturated rings. The van der Waals surface area contributed by atoms with Crippen molar-refractivity contribution in [3.8, 4) is 11.5 Å². The third-order valence-corrected chi connectivity index (χ3v) is 5.83. The van der Waals surface area contributed by atoms with Gasteiger partial charge < -0.3 is 24.8 Å². The zero-order valence-corrected chi connectivity index (χ0v) is 18.4. The van der Waals surface area contributed by atoms with Gasteiger partial charge in [0.15, 0.2) is 11.5 Å². The molecule has 1 unspecified atom stereocenters. The number of aliphatic hydroxyl groups excluding tert-OH is 1. The normalized spacial score (nSPS) is 18.8. The van der Waals surface area contributed by atoms with Crippen molar-refractivity contribution in [1.82, 2.24) is 15.1 Å². The largest absolute Gasteiger partial charge is 0.490 e. The fourth-order valence-corrected chi connectivity index (χ4v) is 4.05. The van der Waals surface area contributed by atoms with Gasteiger partial charge in [0.1, 0.15) is 0 Å². The second-order valence-electron chi connectivity index (χ2n) is 8.59. The molecular formula is C23H37N3O4. The van der Waals surface area contributed by atoms with Gasteiger partial charge in [-0.3, -0.25) is 9.69 Å². The van der Waals surface area contributed by atoms with Gasteiger partial charge in [0.25, 0.3) is 0 Å². The van der Waals surface area contributed by atoms with Gasteiger partial charge in [-0.15, -0.1) is 0 Å². The molecular weight excluding hydrogens is 382 g/mol. The molecule has 0 aliphatic carbocycles. The average Bonchev–Trinajstić information content (AvgIpc) is 2.98. The fraction of sp³-hybridized carbons (Fsp3) is 0.696. The highest BCUT2D eigenvalue weighted by molar-refractivity contribution is 5.78. The number of hydrogen-bond acceptors (Lipinski definition) is 6. The Hall–Kier alpha value is -1.83. The molecule has 1 aromatic rings. The summed E-state index contributed by atoms with van der Waals surface area (Å²) in [6.45, 7) is 11.1. The van der Waals surface area contributed by atoms with E-state index in [1.165, 1.54) is 0 Å². The van der Waals surface area contributed by atoms with Gasteiger partial charge in [-0.2, -0.15) is 0 Å². The lowest BCUT2D eigenvalue weighted by Gasteiger charge is -2.34. The molecule has 7 heteroatoms. The Bertz CT molecular complexity index is 674. The molecule has 0 spiro atoms. The van der Waals surface area contributed by atoms with Crippen LogP contribution < -0.4 is 14.8 Å². The van der Waals surface area contributed by atoms with Gasteiger partial charge in [-0.05, 0) is 43.0 Å². The third-order valence-electron chi connectivity index (χ3n) is 5.83. The molecule has 3 rings (SSSR count). The summed E-state index contributed by atoms with van der Waals surface area (Å²) >= 11 is 0. The smallest absolute Gasteiger partial charge is 0.234 e. The lowest BCUT2D eigenvalue weighted by molar-refractivity contribution is -0.123. The molecule has 1 atom stereocenters. The summed E-state index contributed by atoms with van der Waals surface area (Å²) in [7, 11) is 0. The van der Waals surface area contributed by atoms with Crippen LogP contribution in [-0.2, 0) is 4.79 Å². The van der Waals surface area contributed by atoms with Gasteiger partial charge in [0.05, 0.1) is 25.8 Å². The molecule has 1 saturated heterocycles. The summed E-state index contributed by atoms with van der Waals surface area (Å²) in [6, 6.07) is 5.93. The third kappa shape index (κ3) is 6.59. The van der Waals surface area contributed by atoms with Crippen LogP contribution in [0, 0.1) is 5.92 Å². The maximum atomic E-state index is 12.8. The van der Waals surface area contributed by atoms with E-state index >= 15 is 0 Å². The molecule has 0 aromatic heterocycles. The number of rotatable bonds is 9. The summed E-state index contributed by atoms with van der Waals surface area (Å²) in [5.74, 6) is 1.88. The van der Waals surface area contributed by atoms with Gasteiger partial charge in [0, 0.05) is 39.2 Å². The summed E-state index contributed by atoms with van der Waals surface area (Å²) in [5.41, 5.74) is 1.05. The monoisotopic (exact) mass is 419 g/mol. The van der Waals surface area contributed by atoms with Crippen molar-refractivity contribution in [2.24, 2.45) is 5.92 Å². The van der Waals surface area contributed by atoms with Crippen LogP contribution in [0.15, 0.2) is 18.2 Å². The number of unbranched alkanes of at least 4 members (excludes halogenated alkanes) is 1. The second-order valence-corrected chi connectivity index (χ2v) is 8.59. The van der Waals surface area contributed by atoms with Gasteiger partial charge in [-0.1, -0.05) is 19.9 Å². The minimum Gasteiger partial charge on any atom is -0.490 e. The predicted octanol–water partition coefficient (Wildman–Crippen LogP) is 2.05. The lowest BCUT2D eigenvalue weighted by Crippen LogP contribution is -2.50. The molecule has 2 aliphatic heterocycles. The first-order valence-corrected chi connectivity index (χ1v) is 11.3. The maximum Gasteiger partial charge on any atom is 0.234 e. The molecule has 1 amide bonds. The Kier molecular flexibility index (Phi) is 8.78. The van der Waals surface area contributed by atoms with E-state index in [1.54, 1.807) is 0 Å². The van der Waals surface area contributed by atoms with Crippen molar-refractivity contribution < 1.29 is 19.4 Å². The van der Waals surface area contributed by atoms with Crippen molar-refractivity contribution in [1.29, 1.82) is 0 Å². The van der Waals surface area contributed by atoms with E-state index in [-0.39, 0.29) is 24.5 Å². The van der Waals surface area contributed by atoms with E-state index < -0.39 is 0 Å². The Labute approximate surface area is 180 Å². The minimum absolute atomic E-state index is 0.0607. The summed E-state index contributed by atoms with van der Waals surface area (Å²) < 4.78 is 11.6. The molecule has 2 heterocycles.